The second-order valence-corrected chi connectivity index (χ2v) is 3.07. The number of ether oxygens (including phenoxy) is 1. The van der Waals surface area contributed by atoms with Crippen LogP contribution in [0.5, 0.6) is 0 Å². The van der Waals surface area contributed by atoms with Gasteiger partial charge in [-0.05, 0) is 6.92 Å². The number of hydrogen-bond acceptors (Lipinski definition) is 4. The monoisotopic (exact) mass is 202 g/mol. The lowest BCUT2D eigenvalue weighted by Gasteiger charge is -2.30. The van der Waals surface area contributed by atoms with Crippen molar-refractivity contribution in [3.63, 3.8) is 0 Å². The van der Waals surface area contributed by atoms with Gasteiger partial charge in [-0.1, -0.05) is 0 Å². The largest absolute Gasteiger partial charge is 0.466 e. The third-order valence-corrected chi connectivity index (χ3v) is 2.06. The number of esters is 1. The molecule has 0 radical (unpaired) electrons. The Kier molecular flexibility index (Phi) is 3.73. The molecule has 0 saturated carbocycles. The van der Waals surface area contributed by atoms with E-state index in [-0.39, 0.29) is 18.9 Å². The van der Waals surface area contributed by atoms with Gasteiger partial charge in [0.05, 0.1) is 19.6 Å². The van der Waals surface area contributed by atoms with Crippen LogP contribution in [0, 0.1) is 0 Å². The number of nitrogens with zero attached hydrogens (tertiary/aromatic N) is 1. The molecule has 5 heteroatoms. The van der Waals surface area contributed by atoms with Gasteiger partial charge in [0.15, 0.2) is 6.30 Å². The lowest BCUT2D eigenvalue weighted by Crippen LogP contribution is -2.40. The molecule has 1 aliphatic heterocycles. The van der Waals surface area contributed by atoms with Crippen molar-refractivity contribution >= 4 is 5.97 Å². The first-order valence-electron chi connectivity index (χ1n) is 4.60. The standard InChI is InChI=1S/C9H15FN2O2/c1-3-14-9(13)4-7-5-11-6-8(10)12(7)2/h5,8,11H,3-4,6H2,1-2H3. The van der Waals surface area contributed by atoms with E-state index in [0.29, 0.717) is 12.3 Å². The van der Waals surface area contributed by atoms with Crippen molar-refractivity contribution in [1.82, 2.24) is 10.2 Å². The molecule has 1 heterocycles. The van der Waals surface area contributed by atoms with E-state index < -0.39 is 6.30 Å². The molecule has 1 N–H and O–H groups in total. The van der Waals surface area contributed by atoms with E-state index in [1.165, 1.54) is 4.90 Å². The fourth-order valence-corrected chi connectivity index (χ4v) is 1.23. The topological polar surface area (TPSA) is 41.6 Å². The summed E-state index contributed by atoms with van der Waals surface area (Å²) in [5.74, 6) is -0.332. The van der Waals surface area contributed by atoms with Crippen LogP contribution in [-0.4, -0.2) is 37.4 Å². The first kappa shape index (κ1) is 10.8. The van der Waals surface area contributed by atoms with Gasteiger partial charge in [0.1, 0.15) is 0 Å². The van der Waals surface area contributed by atoms with Gasteiger partial charge in [0.2, 0.25) is 0 Å². The van der Waals surface area contributed by atoms with Crippen molar-refractivity contribution < 1.29 is 13.9 Å². The fourth-order valence-electron chi connectivity index (χ4n) is 1.23. The summed E-state index contributed by atoms with van der Waals surface area (Å²) in [4.78, 5) is 12.6. The van der Waals surface area contributed by atoms with Crippen LogP contribution in [0.4, 0.5) is 4.39 Å². The molecule has 1 rings (SSSR count). The van der Waals surface area contributed by atoms with Crippen LogP contribution in [0.15, 0.2) is 11.9 Å². The Morgan fingerprint density at radius 3 is 3.21 bits per heavy atom. The summed E-state index contributed by atoms with van der Waals surface area (Å²) in [5.41, 5.74) is 0.613. The Morgan fingerprint density at radius 2 is 2.57 bits per heavy atom. The second kappa shape index (κ2) is 4.83. The summed E-state index contributed by atoms with van der Waals surface area (Å²) in [6.07, 6.45) is 0.675. The number of carbonyl (C=O) groups is 1. The van der Waals surface area contributed by atoms with Crippen LogP contribution >= 0.6 is 0 Å². The van der Waals surface area contributed by atoms with Crippen LogP contribution in [-0.2, 0) is 9.53 Å². The van der Waals surface area contributed by atoms with E-state index in [4.69, 9.17) is 4.74 Å². The van der Waals surface area contributed by atoms with E-state index >= 15 is 0 Å². The predicted molar refractivity (Wildman–Crippen MR) is 50.0 cm³/mol. The molecule has 0 aromatic heterocycles. The highest BCUT2D eigenvalue weighted by molar-refractivity contribution is 5.72. The van der Waals surface area contributed by atoms with Gasteiger partial charge in [-0.15, -0.1) is 0 Å². The maximum Gasteiger partial charge on any atom is 0.311 e. The van der Waals surface area contributed by atoms with Gasteiger partial charge in [-0.25, -0.2) is 4.39 Å². The van der Waals surface area contributed by atoms with Crippen LogP contribution in [0.1, 0.15) is 13.3 Å². The number of nitrogens with one attached hydrogen (secondary N) is 1. The number of alkyl halides is 1. The smallest absolute Gasteiger partial charge is 0.311 e. The zero-order valence-electron chi connectivity index (χ0n) is 8.42. The van der Waals surface area contributed by atoms with Crippen LogP contribution < -0.4 is 5.32 Å². The molecule has 1 atom stereocenters. The maximum atomic E-state index is 13.1. The quantitative estimate of drug-likeness (QED) is 0.538. The number of likely N-dealkylation sites (N-methyl/N-ethyl adjacent to an activating group) is 1. The van der Waals surface area contributed by atoms with Crippen LogP contribution in [0.25, 0.3) is 0 Å². The summed E-state index contributed by atoms with van der Waals surface area (Å²) in [6, 6.07) is 0. The zero-order valence-corrected chi connectivity index (χ0v) is 8.42. The minimum absolute atomic E-state index is 0.109. The Hall–Kier alpha value is -1.26. The van der Waals surface area contributed by atoms with Gasteiger partial charge in [-0.3, -0.25) is 4.79 Å². The summed E-state index contributed by atoms with van der Waals surface area (Å²) >= 11 is 0. The van der Waals surface area contributed by atoms with Gasteiger partial charge in [0.25, 0.3) is 0 Å². The first-order valence-corrected chi connectivity index (χ1v) is 4.60. The van der Waals surface area contributed by atoms with Crippen molar-refractivity contribution in [3.05, 3.63) is 11.9 Å². The van der Waals surface area contributed by atoms with Crippen molar-refractivity contribution in [1.29, 1.82) is 0 Å². The Labute approximate surface area is 82.7 Å². The van der Waals surface area contributed by atoms with E-state index in [1.807, 2.05) is 0 Å². The lowest BCUT2D eigenvalue weighted by atomic mass is 10.2. The summed E-state index contributed by atoms with van der Waals surface area (Å²) in [6.45, 7) is 2.35. The molecule has 0 amide bonds. The fraction of sp³-hybridized carbons (Fsp3) is 0.667. The van der Waals surface area contributed by atoms with Crippen LogP contribution in [0.2, 0.25) is 0 Å². The number of halogens is 1. The molecule has 0 spiro atoms. The van der Waals surface area contributed by atoms with E-state index in [9.17, 15) is 9.18 Å². The van der Waals surface area contributed by atoms with E-state index in [1.54, 1.807) is 20.2 Å². The van der Waals surface area contributed by atoms with Crippen molar-refractivity contribution in [3.8, 4) is 0 Å². The molecule has 0 bridgehead atoms. The van der Waals surface area contributed by atoms with E-state index in [2.05, 4.69) is 5.32 Å². The molecule has 0 aromatic carbocycles. The van der Waals surface area contributed by atoms with E-state index in [0.717, 1.165) is 0 Å². The molecule has 0 aromatic rings. The molecule has 1 aliphatic rings. The van der Waals surface area contributed by atoms with Crippen molar-refractivity contribution in [2.45, 2.75) is 19.6 Å². The maximum absolute atomic E-state index is 13.1. The molecule has 1 unspecified atom stereocenters. The highest BCUT2D eigenvalue weighted by Crippen LogP contribution is 2.14. The molecule has 14 heavy (non-hydrogen) atoms. The second-order valence-electron chi connectivity index (χ2n) is 3.07. The molecule has 0 fully saturated rings. The highest BCUT2D eigenvalue weighted by Gasteiger charge is 2.21. The number of hydrogen-bond donors (Lipinski definition) is 1. The van der Waals surface area contributed by atoms with Gasteiger partial charge >= 0.3 is 5.97 Å². The van der Waals surface area contributed by atoms with Gasteiger partial charge in [0, 0.05) is 18.9 Å². The normalized spacial score (nSPS) is 21.2. The third-order valence-electron chi connectivity index (χ3n) is 2.06. The Morgan fingerprint density at radius 1 is 1.86 bits per heavy atom. The lowest BCUT2D eigenvalue weighted by molar-refractivity contribution is -0.142. The summed E-state index contributed by atoms with van der Waals surface area (Å²) in [5, 5.41) is 2.78. The number of rotatable bonds is 3. The molecule has 4 nitrogen and oxygen atoms in total. The highest BCUT2D eigenvalue weighted by atomic mass is 19.1. The third kappa shape index (κ3) is 2.61. The number of carbonyl (C=O) groups excluding carboxylic acids is 1. The molecule has 80 valence electrons. The zero-order chi connectivity index (χ0) is 10.6. The Balaban J connectivity index is 2.51. The molecule has 0 aliphatic carbocycles. The van der Waals surface area contributed by atoms with Crippen molar-refractivity contribution in [2.24, 2.45) is 0 Å². The molecular weight excluding hydrogens is 187 g/mol. The summed E-state index contributed by atoms with van der Waals surface area (Å²) in [7, 11) is 1.62. The summed E-state index contributed by atoms with van der Waals surface area (Å²) < 4.78 is 17.9. The Bertz CT molecular complexity index is 243. The van der Waals surface area contributed by atoms with Crippen molar-refractivity contribution in [2.75, 3.05) is 20.2 Å². The molecular formula is C9H15FN2O2. The SMILES string of the molecule is CCOC(=O)CC1=CNCC(F)N1C. The van der Waals surface area contributed by atoms with Gasteiger partial charge < -0.3 is 15.0 Å². The predicted octanol–water partition coefficient (Wildman–Crippen LogP) is 0.612. The minimum Gasteiger partial charge on any atom is -0.466 e. The average Bonchev–Trinajstić information content (AvgIpc) is 2.13. The minimum atomic E-state index is -1.08. The molecule has 0 saturated heterocycles. The van der Waals surface area contributed by atoms with Crippen LogP contribution in [0.3, 0.4) is 0 Å². The average molecular weight is 202 g/mol. The first-order chi connectivity index (χ1) is 6.65. The van der Waals surface area contributed by atoms with Gasteiger partial charge in [-0.2, -0.15) is 0 Å².